The third-order valence-corrected chi connectivity index (χ3v) is 6.31. The second-order valence-corrected chi connectivity index (χ2v) is 7.64. The van der Waals surface area contributed by atoms with Gasteiger partial charge in [-0.2, -0.15) is 0 Å². The molecule has 4 fully saturated rings. The highest BCUT2D eigenvalue weighted by Gasteiger charge is 2.51. The molecule has 0 spiro atoms. The Bertz CT molecular complexity index is 457. The molecule has 0 amide bonds. The second kappa shape index (κ2) is 3.90. The van der Waals surface area contributed by atoms with E-state index in [-0.39, 0.29) is 0 Å². The molecular weight excluding hydrogens is 263 g/mol. The average molecular weight is 281 g/mol. The van der Waals surface area contributed by atoms with E-state index in [0.717, 1.165) is 22.8 Å². The lowest BCUT2D eigenvalue weighted by Crippen LogP contribution is -2.48. The molecule has 18 heavy (non-hydrogen) atoms. The fourth-order valence-corrected chi connectivity index (χ4v) is 5.59. The van der Waals surface area contributed by atoms with Gasteiger partial charge in [-0.1, -0.05) is 29.3 Å². The van der Waals surface area contributed by atoms with Crippen LogP contribution in [0.15, 0.2) is 18.2 Å². The monoisotopic (exact) mass is 280 g/mol. The summed E-state index contributed by atoms with van der Waals surface area (Å²) in [6.45, 7) is 0. The molecule has 0 nitrogen and oxygen atoms in total. The molecule has 4 aliphatic rings. The Balaban J connectivity index is 1.76. The van der Waals surface area contributed by atoms with Crippen LogP contribution < -0.4 is 0 Å². The normalized spacial score (nSPS) is 41.3. The van der Waals surface area contributed by atoms with E-state index >= 15 is 0 Å². The van der Waals surface area contributed by atoms with Crippen LogP contribution in [0.3, 0.4) is 0 Å². The highest BCUT2D eigenvalue weighted by molar-refractivity contribution is 6.42. The zero-order valence-corrected chi connectivity index (χ0v) is 12.0. The zero-order valence-electron chi connectivity index (χ0n) is 10.5. The van der Waals surface area contributed by atoms with E-state index in [0.29, 0.717) is 10.4 Å². The minimum absolute atomic E-state index is 0.434. The first-order chi connectivity index (χ1) is 8.64. The SMILES string of the molecule is Clc1ccc(C23CC4CC(CC(C4)C2)C3)cc1Cl. The molecule has 0 radical (unpaired) electrons. The van der Waals surface area contributed by atoms with E-state index in [1.807, 2.05) is 6.07 Å². The first-order valence-electron chi connectivity index (χ1n) is 7.10. The van der Waals surface area contributed by atoms with Crippen LogP contribution in [0.4, 0.5) is 0 Å². The lowest BCUT2D eigenvalue weighted by molar-refractivity contribution is -0.00518. The molecule has 1 aromatic rings. The maximum Gasteiger partial charge on any atom is 0.0595 e. The molecule has 0 saturated heterocycles. The maximum absolute atomic E-state index is 6.22. The van der Waals surface area contributed by atoms with Crippen LogP contribution in [0, 0.1) is 17.8 Å². The standard InChI is InChI=1S/C16H18Cl2/c17-14-2-1-13(6-15(14)18)16-7-10-3-11(8-16)5-12(4-10)9-16/h1-2,6,10-12H,3-5,7-9H2. The Morgan fingerprint density at radius 3 is 1.89 bits per heavy atom. The van der Waals surface area contributed by atoms with Crippen LogP contribution in [0.25, 0.3) is 0 Å². The molecule has 2 heteroatoms. The number of halogens is 2. The van der Waals surface area contributed by atoms with E-state index in [2.05, 4.69) is 12.1 Å². The maximum atomic E-state index is 6.22. The molecule has 0 aliphatic heterocycles. The van der Waals surface area contributed by atoms with Crippen molar-refractivity contribution in [2.24, 2.45) is 17.8 Å². The van der Waals surface area contributed by atoms with Gasteiger partial charge < -0.3 is 0 Å². The van der Waals surface area contributed by atoms with E-state index in [9.17, 15) is 0 Å². The fourth-order valence-electron chi connectivity index (χ4n) is 5.29. The molecule has 0 unspecified atom stereocenters. The van der Waals surface area contributed by atoms with Gasteiger partial charge in [-0.25, -0.2) is 0 Å². The van der Waals surface area contributed by atoms with Crippen molar-refractivity contribution in [1.82, 2.24) is 0 Å². The smallest absolute Gasteiger partial charge is 0.0595 e. The summed E-state index contributed by atoms with van der Waals surface area (Å²) in [5, 5.41) is 1.41. The van der Waals surface area contributed by atoms with Crippen LogP contribution in [-0.2, 0) is 5.41 Å². The minimum atomic E-state index is 0.434. The molecular formula is C16H18Cl2. The highest BCUT2D eigenvalue weighted by atomic mass is 35.5. The van der Waals surface area contributed by atoms with Crippen molar-refractivity contribution in [1.29, 1.82) is 0 Å². The Morgan fingerprint density at radius 2 is 1.39 bits per heavy atom. The van der Waals surface area contributed by atoms with Gasteiger partial charge in [-0.05, 0) is 79.4 Å². The summed E-state index contributed by atoms with van der Waals surface area (Å²) in [6.07, 6.45) is 8.62. The Hall–Kier alpha value is -0.200. The molecule has 0 N–H and O–H groups in total. The molecule has 0 aromatic heterocycles. The summed E-state index contributed by atoms with van der Waals surface area (Å²) < 4.78 is 0. The topological polar surface area (TPSA) is 0 Å². The number of benzene rings is 1. The predicted octanol–water partition coefficient (Wildman–Crippen LogP) is 5.46. The summed E-state index contributed by atoms with van der Waals surface area (Å²) in [6, 6.07) is 6.34. The Labute approximate surface area is 119 Å². The molecule has 1 aromatic carbocycles. The highest BCUT2D eigenvalue weighted by Crippen LogP contribution is 2.60. The number of hydrogen-bond acceptors (Lipinski definition) is 0. The van der Waals surface area contributed by atoms with Crippen molar-refractivity contribution in [3.8, 4) is 0 Å². The molecule has 4 saturated carbocycles. The van der Waals surface area contributed by atoms with Crippen molar-refractivity contribution in [2.45, 2.75) is 43.9 Å². The van der Waals surface area contributed by atoms with Gasteiger partial charge in [0.25, 0.3) is 0 Å². The average Bonchev–Trinajstić information content (AvgIpc) is 2.31. The largest absolute Gasteiger partial charge is 0.0827 e. The van der Waals surface area contributed by atoms with E-state index in [4.69, 9.17) is 23.2 Å². The molecule has 96 valence electrons. The number of hydrogen-bond donors (Lipinski definition) is 0. The summed E-state index contributed by atoms with van der Waals surface area (Å²) in [7, 11) is 0. The second-order valence-electron chi connectivity index (χ2n) is 6.83. The lowest BCUT2D eigenvalue weighted by atomic mass is 9.48. The van der Waals surface area contributed by atoms with Gasteiger partial charge in [0.2, 0.25) is 0 Å². The quantitative estimate of drug-likeness (QED) is 0.641. The fraction of sp³-hybridized carbons (Fsp3) is 0.625. The van der Waals surface area contributed by atoms with Crippen LogP contribution in [0.5, 0.6) is 0 Å². The number of rotatable bonds is 1. The summed E-state index contributed by atoms with van der Waals surface area (Å²) in [4.78, 5) is 0. The zero-order chi connectivity index (χ0) is 12.3. The minimum Gasteiger partial charge on any atom is -0.0827 e. The Morgan fingerprint density at radius 1 is 0.833 bits per heavy atom. The molecule has 4 aliphatic carbocycles. The Kier molecular flexibility index (Phi) is 2.51. The van der Waals surface area contributed by atoms with Crippen LogP contribution in [0.2, 0.25) is 10.0 Å². The van der Waals surface area contributed by atoms with Crippen LogP contribution >= 0.6 is 23.2 Å². The third-order valence-electron chi connectivity index (χ3n) is 5.57. The van der Waals surface area contributed by atoms with Crippen molar-refractivity contribution in [3.63, 3.8) is 0 Å². The van der Waals surface area contributed by atoms with Gasteiger partial charge >= 0.3 is 0 Å². The van der Waals surface area contributed by atoms with Gasteiger partial charge in [-0.3, -0.25) is 0 Å². The molecule has 0 atom stereocenters. The predicted molar refractivity (Wildman–Crippen MR) is 76.3 cm³/mol. The molecule has 4 bridgehead atoms. The van der Waals surface area contributed by atoms with Crippen molar-refractivity contribution >= 4 is 23.2 Å². The molecule has 5 rings (SSSR count). The van der Waals surface area contributed by atoms with E-state index in [1.54, 1.807) is 0 Å². The summed E-state index contributed by atoms with van der Waals surface area (Å²) in [5.74, 6) is 2.93. The van der Waals surface area contributed by atoms with E-state index < -0.39 is 0 Å². The summed E-state index contributed by atoms with van der Waals surface area (Å²) in [5.41, 5.74) is 1.89. The van der Waals surface area contributed by atoms with Crippen LogP contribution in [0.1, 0.15) is 44.1 Å². The van der Waals surface area contributed by atoms with Crippen molar-refractivity contribution in [3.05, 3.63) is 33.8 Å². The lowest BCUT2D eigenvalue weighted by Gasteiger charge is -2.57. The van der Waals surface area contributed by atoms with Gasteiger partial charge in [0.1, 0.15) is 0 Å². The first-order valence-corrected chi connectivity index (χ1v) is 7.86. The van der Waals surface area contributed by atoms with Gasteiger partial charge in [-0.15, -0.1) is 0 Å². The van der Waals surface area contributed by atoms with Gasteiger partial charge in [0.05, 0.1) is 10.0 Å². The first kappa shape index (κ1) is 11.6. The van der Waals surface area contributed by atoms with Gasteiger partial charge in [0, 0.05) is 0 Å². The third kappa shape index (κ3) is 1.65. The summed E-state index contributed by atoms with van der Waals surface area (Å²) >= 11 is 12.3. The van der Waals surface area contributed by atoms with Gasteiger partial charge in [0.15, 0.2) is 0 Å². The van der Waals surface area contributed by atoms with Crippen molar-refractivity contribution in [2.75, 3.05) is 0 Å². The molecule has 0 heterocycles. The van der Waals surface area contributed by atoms with Crippen LogP contribution in [-0.4, -0.2) is 0 Å². The van der Waals surface area contributed by atoms with E-state index in [1.165, 1.54) is 44.1 Å². The van der Waals surface area contributed by atoms with Crippen molar-refractivity contribution < 1.29 is 0 Å².